The van der Waals surface area contributed by atoms with Crippen LogP contribution in [0.5, 0.6) is 0 Å². The van der Waals surface area contributed by atoms with E-state index in [1.54, 1.807) is 12.1 Å². The van der Waals surface area contributed by atoms with Gasteiger partial charge in [-0.05, 0) is 66.9 Å². The molecule has 0 spiro atoms. The van der Waals surface area contributed by atoms with Gasteiger partial charge < -0.3 is 0 Å². The zero-order valence-corrected chi connectivity index (χ0v) is 19.6. The highest BCUT2D eigenvalue weighted by Gasteiger charge is 2.10. The Morgan fingerprint density at radius 3 is 1.21 bits per heavy atom. The van der Waals surface area contributed by atoms with Crippen LogP contribution in [0.15, 0.2) is 97.1 Å². The van der Waals surface area contributed by atoms with Gasteiger partial charge in [0, 0.05) is 33.4 Å². The van der Waals surface area contributed by atoms with Crippen LogP contribution in [0.25, 0.3) is 0 Å². The third-order valence-corrected chi connectivity index (χ3v) is 5.80. The Kier molecular flexibility index (Phi) is 6.85. The first-order chi connectivity index (χ1) is 16.4. The summed E-state index contributed by atoms with van der Waals surface area (Å²) in [6, 6.07) is 30.0. The second kappa shape index (κ2) is 10.1. The van der Waals surface area contributed by atoms with Gasteiger partial charge in [-0.3, -0.25) is 9.59 Å². The van der Waals surface area contributed by atoms with E-state index in [1.807, 2.05) is 91.9 Å². The maximum Gasteiger partial charge on any atom is 0.193 e. The second-order valence-corrected chi connectivity index (χ2v) is 8.71. The van der Waals surface area contributed by atoms with Gasteiger partial charge in [0.05, 0.1) is 0 Å². The lowest BCUT2D eigenvalue weighted by Gasteiger charge is -2.06. The van der Waals surface area contributed by atoms with E-state index in [9.17, 15) is 9.59 Å². The Bertz CT molecular complexity index is 1360. The van der Waals surface area contributed by atoms with E-state index in [4.69, 9.17) is 0 Å². The third-order valence-electron chi connectivity index (χ3n) is 5.80. The summed E-state index contributed by atoms with van der Waals surface area (Å²) >= 11 is 0. The molecular weight excluding hydrogens is 416 g/mol. The van der Waals surface area contributed by atoms with Crippen LogP contribution in [0, 0.1) is 18.8 Å². The quantitative estimate of drug-likeness (QED) is 0.247. The van der Waals surface area contributed by atoms with Crippen molar-refractivity contribution < 1.29 is 9.59 Å². The van der Waals surface area contributed by atoms with Crippen molar-refractivity contribution in [2.24, 2.45) is 0 Å². The van der Waals surface area contributed by atoms with Crippen LogP contribution in [0.1, 0.15) is 73.9 Å². The summed E-state index contributed by atoms with van der Waals surface area (Å²) in [5, 5.41) is 0. The Labute approximate surface area is 201 Å². The van der Waals surface area contributed by atoms with Crippen molar-refractivity contribution in [3.63, 3.8) is 0 Å². The van der Waals surface area contributed by atoms with E-state index in [1.165, 1.54) is 5.56 Å². The topological polar surface area (TPSA) is 34.1 Å². The number of aryl methyl sites for hydroxylation is 1. The van der Waals surface area contributed by atoms with Gasteiger partial charge in [0.2, 0.25) is 0 Å². The van der Waals surface area contributed by atoms with Gasteiger partial charge in [0.15, 0.2) is 11.6 Å². The standard InChI is InChI=1S/C32H26O2/c1-22(2)26-18-20-30(21-19-26)32(34)29-16-10-25(11-17-29)7-6-24-8-14-28(15-9-24)31(33)27-12-4-23(3)5-13-27/h4-5,8-22H,1-3H3. The van der Waals surface area contributed by atoms with E-state index in [2.05, 4.69) is 25.7 Å². The summed E-state index contributed by atoms with van der Waals surface area (Å²) in [6.07, 6.45) is 0. The minimum absolute atomic E-state index is 0.00129. The summed E-state index contributed by atoms with van der Waals surface area (Å²) in [4.78, 5) is 25.4. The minimum Gasteiger partial charge on any atom is -0.289 e. The van der Waals surface area contributed by atoms with E-state index in [0.717, 1.165) is 16.7 Å². The average Bonchev–Trinajstić information content (AvgIpc) is 2.88. The Morgan fingerprint density at radius 1 is 0.529 bits per heavy atom. The Balaban J connectivity index is 1.43. The zero-order valence-electron chi connectivity index (χ0n) is 19.6. The van der Waals surface area contributed by atoms with Gasteiger partial charge in [-0.2, -0.15) is 0 Å². The lowest BCUT2D eigenvalue weighted by atomic mass is 9.97. The molecule has 0 unspecified atom stereocenters. The fourth-order valence-electron chi connectivity index (χ4n) is 3.61. The molecule has 34 heavy (non-hydrogen) atoms. The first-order valence-electron chi connectivity index (χ1n) is 11.4. The molecule has 166 valence electrons. The number of rotatable bonds is 5. The van der Waals surface area contributed by atoms with Crippen LogP contribution in [0.2, 0.25) is 0 Å². The maximum absolute atomic E-state index is 12.8. The van der Waals surface area contributed by atoms with Gasteiger partial charge in [0.25, 0.3) is 0 Å². The van der Waals surface area contributed by atoms with Crippen molar-refractivity contribution in [3.05, 3.63) is 142 Å². The van der Waals surface area contributed by atoms with Crippen LogP contribution in [0.4, 0.5) is 0 Å². The fourth-order valence-corrected chi connectivity index (χ4v) is 3.61. The van der Waals surface area contributed by atoms with Crippen LogP contribution in [-0.2, 0) is 0 Å². The highest BCUT2D eigenvalue weighted by atomic mass is 16.1. The first kappa shape index (κ1) is 23.0. The molecule has 0 N–H and O–H groups in total. The van der Waals surface area contributed by atoms with Gasteiger partial charge >= 0.3 is 0 Å². The van der Waals surface area contributed by atoms with Gasteiger partial charge in [-0.1, -0.05) is 79.8 Å². The van der Waals surface area contributed by atoms with Crippen LogP contribution in [0.3, 0.4) is 0 Å². The normalized spacial score (nSPS) is 10.5. The smallest absolute Gasteiger partial charge is 0.193 e. The highest BCUT2D eigenvalue weighted by molar-refractivity contribution is 6.09. The number of hydrogen-bond acceptors (Lipinski definition) is 2. The lowest BCUT2D eigenvalue weighted by Crippen LogP contribution is -2.01. The van der Waals surface area contributed by atoms with Crippen molar-refractivity contribution in [1.29, 1.82) is 0 Å². The fraction of sp³-hybridized carbons (Fsp3) is 0.125. The molecule has 0 aliphatic rings. The second-order valence-electron chi connectivity index (χ2n) is 8.71. The molecule has 4 rings (SSSR count). The number of hydrogen-bond donors (Lipinski definition) is 0. The van der Waals surface area contributed by atoms with Gasteiger partial charge in [-0.15, -0.1) is 0 Å². The monoisotopic (exact) mass is 442 g/mol. The minimum atomic E-state index is -0.00129. The molecule has 2 heteroatoms. The zero-order chi connectivity index (χ0) is 24.1. The number of carbonyl (C=O) groups excluding carboxylic acids is 2. The van der Waals surface area contributed by atoms with Crippen molar-refractivity contribution in [2.45, 2.75) is 26.7 Å². The maximum atomic E-state index is 12.8. The molecule has 2 nitrogen and oxygen atoms in total. The van der Waals surface area contributed by atoms with E-state index < -0.39 is 0 Å². The van der Waals surface area contributed by atoms with E-state index in [-0.39, 0.29) is 11.6 Å². The number of ketones is 2. The van der Waals surface area contributed by atoms with Gasteiger partial charge in [0.1, 0.15) is 0 Å². The molecule has 0 aliphatic carbocycles. The summed E-state index contributed by atoms with van der Waals surface area (Å²) in [7, 11) is 0. The molecule has 0 aromatic heterocycles. The van der Waals surface area contributed by atoms with Gasteiger partial charge in [-0.25, -0.2) is 0 Å². The molecular formula is C32H26O2. The summed E-state index contributed by atoms with van der Waals surface area (Å²) < 4.78 is 0. The molecule has 0 atom stereocenters. The predicted molar refractivity (Wildman–Crippen MR) is 137 cm³/mol. The van der Waals surface area contributed by atoms with Crippen LogP contribution < -0.4 is 0 Å². The largest absolute Gasteiger partial charge is 0.289 e. The molecule has 0 saturated carbocycles. The highest BCUT2D eigenvalue weighted by Crippen LogP contribution is 2.17. The van der Waals surface area contributed by atoms with Crippen LogP contribution >= 0.6 is 0 Å². The van der Waals surface area contributed by atoms with Crippen molar-refractivity contribution in [1.82, 2.24) is 0 Å². The molecule has 0 aliphatic heterocycles. The van der Waals surface area contributed by atoms with Crippen molar-refractivity contribution in [2.75, 3.05) is 0 Å². The summed E-state index contributed by atoms with van der Waals surface area (Å²) in [5.41, 5.74) is 6.63. The van der Waals surface area contributed by atoms with Crippen LogP contribution in [-0.4, -0.2) is 11.6 Å². The van der Waals surface area contributed by atoms with Crippen molar-refractivity contribution >= 4 is 11.6 Å². The van der Waals surface area contributed by atoms with E-state index >= 15 is 0 Å². The average molecular weight is 443 g/mol. The molecule has 0 bridgehead atoms. The third kappa shape index (κ3) is 5.39. The Hall–Kier alpha value is -4.22. The molecule has 0 saturated heterocycles. The van der Waals surface area contributed by atoms with E-state index in [0.29, 0.717) is 28.2 Å². The van der Waals surface area contributed by atoms with Crippen molar-refractivity contribution in [3.8, 4) is 11.8 Å². The predicted octanol–water partition coefficient (Wildman–Crippen LogP) is 6.98. The molecule has 0 radical (unpaired) electrons. The molecule has 0 heterocycles. The summed E-state index contributed by atoms with van der Waals surface area (Å²) in [6.45, 7) is 6.27. The first-order valence-corrected chi connectivity index (χ1v) is 11.4. The SMILES string of the molecule is Cc1ccc(C(=O)c2ccc(C#Cc3ccc(C(=O)c4ccc(C(C)C)cc4)cc3)cc2)cc1. The number of benzene rings is 4. The molecule has 0 fully saturated rings. The summed E-state index contributed by atoms with van der Waals surface area (Å²) in [5.74, 6) is 6.69. The number of carbonyl (C=O) groups is 2. The molecule has 4 aromatic carbocycles. The molecule has 4 aromatic rings. The molecule has 0 amide bonds. The Morgan fingerprint density at radius 2 is 0.853 bits per heavy atom. The lowest BCUT2D eigenvalue weighted by molar-refractivity contribution is 0.103.